The number of carbonyl (C=O) groups excluding carboxylic acids is 2. The van der Waals surface area contributed by atoms with Crippen molar-refractivity contribution in [1.82, 2.24) is 5.32 Å². The van der Waals surface area contributed by atoms with Crippen LogP contribution in [0.15, 0.2) is 18.2 Å². The van der Waals surface area contributed by atoms with Crippen molar-refractivity contribution in [3.05, 3.63) is 23.8 Å². The minimum absolute atomic E-state index is 0.0126. The number of rotatable bonds is 5. The summed E-state index contributed by atoms with van der Waals surface area (Å²) in [7, 11) is 0. The molecule has 22 heavy (non-hydrogen) atoms. The maximum absolute atomic E-state index is 11.8. The Morgan fingerprint density at radius 3 is 2.86 bits per heavy atom. The zero-order valence-corrected chi connectivity index (χ0v) is 13.7. The quantitative estimate of drug-likeness (QED) is 0.844. The van der Waals surface area contributed by atoms with Gasteiger partial charge in [-0.05, 0) is 50.5 Å². The zero-order chi connectivity index (χ0) is 16.1. The van der Waals surface area contributed by atoms with E-state index in [4.69, 9.17) is 16.3 Å². The van der Waals surface area contributed by atoms with Crippen LogP contribution >= 0.6 is 11.6 Å². The molecule has 0 aliphatic carbocycles. The van der Waals surface area contributed by atoms with Crippen LogP contribution in [0.1, 0.15) is 25.8 Å². The van der Waals surface area contributed by atoms with Gasteiger partial charge in [0.05, 0.1) is 0 Å². The number of ether oxygens (including phenoxy) is 1. The third kappa shape index (κ3) is 4.13. The first-order valence-electron chi connectivity index (χ1n) is 7.42. The molecule has 0 radical (unpaired) electrons. The predicted molar refractivity (Wildman–Crippen MR) is 86.6 cm³/mol. The van der Waals surface area contributed by atoms with E-state index in [-0.39, 0.29) is 30.3 Å². The van der Waals surface area contributed by atoms with E-state index in [1.807, 2.05) is 26.0 Å². The molecule has 2 rings (SSSR count). The highest BCUT2D eigenvalue weighted by atomic mass is 35.5. The van der Waals surface area contributed by atoms with Crippen LogP contribution in [0.4, 0.5) is 5.69 Å². The Morgan fingerprint density at radius 2 is 2.18 bits per heavy atom. The first-order chi connectivity index (χ1) is 10.5. The molecule has 6 heteroatoms. The Morgan fingerprint density at radius 1 is 1.41 bits per heavy atom. The fourth-order valence-corrected chi connectivity index (χ4v) is 2.65. The van der Waals surface area contributed by atoms with Gasteiger partial charge in [-0.2, -0.15) is 0 Å². The summed E-state index contributed by atoms with van der Waals surface area (Å²) >= 11 is 5.65. The Labute approximate surface area is 135 Å². The second-order valence-electron chi connectivity index (χ2n) is 5.58. The normalized spacial score (nSPS) is 13.7. The van der Waals surface area contributed by atoms with Crippen molar-refractivity contribution in [2.45, 2.75) is 32.7 Å². The van der Waals surface area contributed by atoms with E-state index < -0.39 is 0 Å². The molecule has 5 nitrogen and oxygen atoms in total. The Hall–Kier alpha value is -1.75. The molecule has 1 aliphatic heterocycles. The average Bonchev–Trinajstić information content (AvgIpc) is 2.50. The van der Waals surface area contributed by atoms with Crippen LogP contribution in [-0.2, 0) is 16.0 Å². The number of carbonyl (C=O) groups is 2. The average molecular weight is 325 g/mol. The standard InChI is InChI=1S/C16H21ClN2O3/c1-11(2)18-15(20)10-22-13-5-6-14-12(8-13)4-3-7-19(14)16(21)9-17/h5-6,8,11H,3-4,7,9-10H2,1-2H3,(H,18,20). The molecular weight excluding hydrogens is 304 g/mol. The van der Waals surface area contributed by atoms with Gasteiger partial charge in [-0.15, -0.1) is 11.6 Å². The third-order valence-corrected chi connectivity index (χ3v) is 3.63. The molecule has 1 N–H and O–H groups in total. The van der Waals surface area contributed by atoms with Crippen molar-refractivity contribution in [2.75, 3.05) is 23.9 Å². The van der Waals surface area contributed by atoms with Crippen molar-refractivity contribution < 1.29 is 14.3 Å². The Kier molecular flexibility index (Phi) is 5.66. The van der Waals surface area contributed by atoms with E-state index in [2.05, 4.69) is 5.32 Å². The number of anilines is 1. The van der Waals surface area contributed by atoms with E-state index in [0.717, 1.165) is 24.1 Å². The van der Waals surface area contributed by atoms with Gasteiger partial charge < -0.3 is 15.0 Å². The van der Waals surface area contributed by atoms with Crippen molar-refractivity contribution in [1.29, 1.82) is 0 Å². The van der Waals surface area contributed by atoms with Gasteiger partial charge in [0, 0.05) is 18.3 Å². The second kappa shape index (κ2) is 7.49. The summed E-state index contributed by atoms with van der Waals surface area (Å²) in [6.07, 6.45) is 1.78. The molecule has 1 aromatic rings. The van der Waals surface area contributed by atoms with Crippen LogP contribution in [-0.4, -0.2) is 36.9 Å². The first-order valence-corrected chi connectivity index (χ1v) is 7.96. The van der Waals surface area contributed by atoms with Gasteiger partial charge in [-0.3, -0.25) is 9.59 Å². The fraction of sp³-hybridized carbons (Fsp3) is 0.500. The summed E-state index contributed by atoms with van der Waals surface area (Å²) in [5.74, 6) is 0.379. The van der Waals surface area contributed by atoms with Crippen LogP contribution in [0.25, 0.3) is 0 Å². The highest BCUT2D eigenvalue weighted by Gasteiger charge is 2.22. The summed E-state index contributed by atoms with van der Waals surface area (Å²) in [6.45, 7) is 4.48. The van der Waals surface area contributed by atoms with Crippen molar-refractivity contribution in [3.63, 3.8) is 0 Å². The van der Waals surface area contributed by atoms with Gasteiger partial charge in [-0.1, -0.05) is 0 Å². The van der Waals surface area contributed by atoms with Gasteiger partial charge in [0.25, 0.3) is 5.91 Å². The molecule has 0 fully saturated rings. The molecule has 0 spiro atoms. The molecule has 120 valence electrons. The number of hydrogen-bond acceptors (Lipinski definition) is 3. The van der Waals surface area contributed by atoms with Gasteiger partial charge in [0.15, 0.2) is 6.61 Å². The number of fused-ring (bicyclic) bond motifs is 1. The van der Waals surface area contributed by atoms with Crippen LogP contribution in [0.5, 0.6) is 5.75 Å². The lowest BCUT2D eigenvalue weighted by Crippen LogP contribution is -2.36. The summed E-state index contributed by atoms with van der Waals surface area (Å²) in [4.78, 5) is 25.1. The highest BCUT2D eigenvalue weighted by Crippen LogP contribution is 2.30. The third-order valence-electron chi connectivity index (χ3n) is 3.40. The van der Waals surface area contributed by atoms with Crippen molar-refractivity contribution in [3.8, 4) is 5.75 Å². The van der Waals surface area contributed by atoms with Gasteiger partial charge in [-0.25, -0.2) is 0 Å². The van der Waals surface area contributed by atoms with Crippen LogP contribution in [0, 0.1) is 0 Å². The van der Waals surface area contributed by atoms with Crippen LogP contribution in [0.3, 0.4) is 0 Å². The molecule has 0 unspecified atom stereocenters. The molecule has 0 aromatic heterocycles. The van der Waals surface area contributed by atoms with Gasteiger partial charge >= 0.3 is 0 Å². The Bertz CT molecular complexity index is 560. The number of benzene rings is 1. The van der Waals surface area contributed by atoms with E-state index in [1.54, 1.807) is 11.0 Å². The van der Waals surface area contributed by atoms with Crippen LogP contribution in [0.2, 0.25) is 0 Å². The van der Waals surface area contributed by atoms with Crippen molar-refractivity contribution >= 4 is 29.1 Å². The molecule has 0 bridgehead atoms. The van der Waals surface area contributed by atoms with E-state index in [1.165, 1.54) is 0 Å². The molecule has 0 saturated heterocycles. The summed E-state index contributed by atoms with van der Waals surface area (Å²) in [5, 5.41) is 2.77. The second-order valence-corrected chi connectivity index (χ2v) is 5.85. The summed E-state index contributed by atoms with van der Waals surface area (Å²) in [5.41, 5.74) is 1.93. The minimum atomic E-state index is -0.147. The molecule has 1 aromatic carbocycles. The highest BCUT2D eigenvalue weighted by molar-refractivity contribution is 6.29. The molecule has 2 amide bonds. The van der Waals surface area contributed by atoms with Gasteiger partial charge in [0.2, 0.25) is 5.91 Å². The Balaban J connectivity index is 2.05. The minimum Gasteiger partial charge on any atom is -0.484 e. The van der Waals surface area contributed by atoms with Crippen LogP contribution < -0.4 is 15.0 Å². The number of amides is 2. The molecule has 1 heterocycles. The van der Waals surface area contributed by atoms with Gasteiger partial charge in [0.1, 0.15) is 11.6 Å². The number of nitrogens with zero attached hydrogens (tertiary/aromatic N) is 1. The first kappa shape index (κ1) is 16.6. The molecular formula is C16H21ClN2O3. The molecule has 0 saturated carbocycles. The monoisotopic (exact) mass is 324 g/mol. The number of aryl methyl sites for hydroxylation is 1. The SMILES string of the molecule is CC(C)NC(=O)COc1ccc2c(c1)CCCN2C(=O)CCl. The van der Waals surface area contributed by atoms with E-state index in [9.17, 15) is 9.59 Å². The summed E-state index contributed by atoms with van der Waals surface area (Å²) < 4.78 is 5.52. The van der Waals surface area contributed by atoms with E-state index >= 15 is 0 Å². The maximum atomic E-state index is 11.8. The fourth-order valence-electron chi connectivity index (χ4n) is 2.51. The summed E-state index contributed by atoms with van der Waals surface area (Å²) in [6, 6.07) is 5.62. The largest absolute Gasteiger partial charge is 0.484 e. The van der Waals surface area contributed by atoms with E-state index in [0.29, 0.717) is 12.3 Å². The predicted octanol–water partition coefficient (Wildman–Crippen LogP) is 2.11. The molecule has 1 aliphatic rings. The maximum Gasteiger partial charge on any atom is 0.258 e. The lowest BCUT2D eigenvalue weighted by molar-refractivity contribution is -0.123. The topological polar surface area (TPSA) is 58.6 Å². The number of nitrogens with one attached hydrogen (secondary N) is 1. The molecule has 0 atom stereocenters. The number of alkyl halides is 1. The lowest BCUT2D eigenvalue weighted by atomic mass is 10.0. The number of halogens is 1. The smallest absolute Gasteiger partial charge is 0.258 e. The van der Waals surface area contributed by atoms with Crippen molar-refractivity contribution in [2.24, 2.45) is 0 Å². The zero-order valence-electron chi connectivity index (χ0n) is 12.9. The number of hydrogen-bond donors (Lipinski definition) is 1. The lowest BCUT2D eigenvalue weighted by Gasteiger charge is -2.29.